The Morgan fingerprint density at radius 2 is 2.50 bits per heavy atom. The summed E-state index contributed by atoms with van der Waals surface area (Å²) in [5.41, 5.74) is 0. The first kappa shape index (κ1) is 7.38. The standard InChI is InChI=1S/C5H8N2S/c1-7-5(8-2)3-4-6/h3,7H,1-2H3/b5-3-. The molecule has 0 aliphatic carbocycles. The van der Waals surface area contributed by atoms with Crippen LogP contribution in [0.4, 0.5) is 0 Å². The zero-order valence-corrected chi connectivity index (χ0v) is 5.75. The largest absolute Gasteiger partial charge is 0.382 e. The summed E-state index contributed by atoms with van der Waals surface area (Å²) in [6.07, 6.45) is 3.39. The van der Waals surface area contributed by atoms with Crippen molar-refractivity contribution in [3.05, 3.63) is 11.1 Å². The third-order valence-electron chi connectivity index (χ3n) is 0.662. The molecule has 0 aromatic heterocycles. The van der Waals surface area contributed by atoms with Crippen molar-refractivity contribution < 1.29 is 0 Å². The highest BCUT2D eigenvalue weighted by Crippen LogP contribution is 2.03. The van der Waals surface area contributed by atoms with Crippen molar-refractivity contribution in [2.24, 2.45) is 0 Å². The normalized spacial score (nSPS) is 10.4. The lowest BCUT2D eigenvalue weighted by atomic mass is 10.7. The topological polar surface area (TPSA) is 35.8 Å². The molecular formula is C5H8N2S. The van der Waals surface area contributed by atoms with Crippen molar-refractivity contribution in [3.8, 4) is 6.07 Å². The van der Waals surface area contributed by atoms with Crippen LogP contribution in [0, 0.1) is 11.3 Å². The van der Waals surface area contributed by atoms with E-state index in [1.807, 2.05) is 12.3 Å². The van der Waals surface area contributed by atoms with Gasteiger partial charge in [-0.25, -0.2) is 0 Å². The molecule has 0 bridgehead atoms. The second-order valence-corrected chi connectivity index (χ2v) is 1.94. The predicted molar refractivity (Wildman–Crippen MR) is 36.3 cm³/mol. The molecule has 0 aliphatic heterocycles. The highest BCUT2D eigenvalue weighted by Gasteiger charge is 1.83. The van der Waals surface area contributed by atoms with E-state index in [0.29, 0.717) is 0 Å². The van der Waals surface area contributed by atoms with Crippen LogP contribution >= 0.6 is 11.8 Å². The first-order valence-electron chi connectivity index (χ1n) is 2.16. The average molecular weight is 128 g/mol. The zero-order valence-electron chi connectivity index (χ0n) is 4.93. The minimum Gasteiger partial charge on any atom is -0.382 e. The van der Waals surface area contributed by atoms with E-state index >= 15 is 0 Å². The summed E-state index contributed by atoms with van der Waals surface area (Å²) in [7, 11) is 1.79. The molecule has 1 N–H and O–H groups in total. The van der Waals surface area contributed by atoms with Gasteiger partial charge in [0.15, 0.2) is 0 Å². The molecule has 0 rings (SSSR count). The van der Waals surface area contributed by atoms with Gasteiger partial charge in [-0.1, -0.05) is 0 Å². The molecule has 0 saturated carbocycles. The fourth-order valence-electron chi connectivity index (χ4n) is 0.292. The summed E-state index contributed by atoms with van der Waals surface area (Å²) in [6, 6.07) is 1.92. The molecule has 3 heteroatoms. The highest BCUT2D eigenvalue weighted by atomic mass is 32.2. The molecule has 0 unspecified atom stereocenters. The second kappa shape index (κ2) is 4.54. The Bertz CT molecular complexity index is 117. The molecule has 0 fully saturated rings. The molecule has 0 aromatic rings. The Hall–Kier alpha value is -0.620. The number of hydrogen-bond donors (Lipinski definition) is 1. The van der Waals surface area contributed by atoms with Crippen molar-refractivity contribution in [2.75, 3.05) is 13.3 Å². The van der Waals surface area contributed by atoms with Crippen LogP contribution in [0.25, 0.3) is 0 Å². The van der Waals surface area contributed by atoms with E-state index in [1.165, 1.54) is 17.8 Å². The fraction of sp³-hybridized carbons (Fsp3) is 0.400. The van der Waals surface area contributed by atoms with Gasteiger partial charge in [-0.2, -0.15) is 5.26 Å². The van der Waals surface area contributed by atoms with Crippen LogP contribution in [0.3, 0.4) is 0 Å². The lowest BCUT2D eigenvalue weighted by Crippen LogP contribution is -2.00. The lowest BCUT2D eigenvalue weighted by molar-refractivity contribution is 1.08. The number of nitrogens with one attached hydrogen (secondary N) is 1. The van der Waals surface area contributed by atoms with Gasteiger partial charge in [-0.15, -0.1) is 11.8 Å². The highest BCUT2D eigenvalue weighted by molar-refractivity contribution is 8.02. The minimum atomic E-state index is 0.896. The molecule has 8 heavy (non-hydrogen) atoms. The minimum absolute atomic E-state index is 0.896. The van der Waals surface area contributed by atoms with Crippen molar-refractivity contribution in [2.45, 2.75) is 0 Å². The summed E-state index contributed by atoms with van der Waals surface area (Å²) in [5, 5.41) is 11.9. The maximum atomic E-state index is 8.12. The third-order valence-corrected chi connectivity index (χ3v) is 1.42. The van der Waals surface area contributed by atoms with Crippen LogP contribution in [0.1, 0.15) is 0 Å². The van der Waals surface area contributed by atoms with Crippen molar-refractivity contribution >= 4 is 11.8 Å². The molecule has 0 aliphatic rings. The molecule has 0 saturated heterocycles. The maximum Gasteiger partial charge on any atom is 0.0939 e. The van der Waals surface area contributed by atoms with Gasteiger partial charge in [0.1, 0.15) is 0 Å². The molecule has 0 aromatic carbocycles. The van der Waals surface area contributed by atoms with Gasteiger partial charge in [0, 0.05) is 13.1 Å². The average Bonchev–Trinajstić information content (AvgIpc) is 1.83. The summed E-state index contributed by atoms with van der Waals surface area (Å²) in [4.78, 5) is 0. The SMILES string of the molecule is CN/C(=C/C#N)SC. The van der Waals surface area contributed by atoms with Crippen LogP contribution < -0.4 is 5.32 Å². The number of hydrogen-bond acceptors (Lipinski definition) is 3. The van der Waals surface area contributed by atoms with E-state index in [0.717, 1.165) is 5.03 Å². The van der Waals surface area contributed by atoms with Crippen LogP contribution in [0.5, 0.6) is 0 Å². The van der Waals surface area contributed by atoms with Gasteiger partial charge in [-0.3, -0.25) is 0 Å². The Balaban J connectivity index is 3.72. The maximum absolute atomic E-state index is 8.12. The Morgan fingerprint density at radius 3 is 2.62 bits per heavy atom. The van der Waals surface area contributed by atoms with Gasteiger partial charge in [0.05, 0.1) is 11.1 Å². The van der Waals surface area contributed by atoms with Crippen LogP contribution in [0.15, 0.2) is 11.1 Å². The molecule has 0 heterocycles. The van der Waals surface area contributed by atoms with Crippen molar-refractivity contribution in [1.82, 2.24) is 5.32 Å². The van der Waals surface area contributed by atoms with Gasteiger partial charge in [0.2, 0.25) is 0 Å². The van der Waals surface area contributed by atoms with E-state index in [1.54, 1.807) is 7.05 Å². The molecule has 0 spiro atoms. The lowest BCUT2D eigenvalue weighted by Gasteiger charge is -1.95. The number of rotatable bonds is 2. The molecule has 0 atom stereocenters. The summed E-state index contributed by atoms with van der Waals surface area (Å²) >= 11 is 1.52. The molecule has 0 radical (unpaired) electrons. The predicted octanol–water partition coefficient (Wildman–Crippen LogP) is 0.934. The molecule has 44 valence electrons. The Labute approximate surface area is 53.6 Å². The number of nitriles is 1. The van der Waals surface area contributed by atoms with Crippen LogP contribution in [0.2, 0.25) is 0 Å². The number of thioether (sulfide) groups is 1. The van der Waals surface area contributed by atoms with E-state index < -0.39 is 0 Å². The number of allylic oxidation sites excluding steroid dienone is 1. The fourth-order valence-corrected chi connectivity index (χ4v) is 0.666. The molecule has 2 nitrogen and oxygen atoms in total. The Morgan fingerprint density at radius 1 is 1.88 bits per heavy atom. The monoisotopic (exact) mass is 128 g/mol. The zero-order chi connectivity index (χ0) is 6.41. The molecule has 0 amide bonds. The van der Waals surface area contributed by atoms with Crippen molar-refractivity contribution in [3.63, 3.8) is 0 Å². The van der Waals surface area contributed by atoms with Gasteiger partial charge in [-0.05, 0) is 6.26 Å². The van der Waals surface area contributed by atoms with E-state index in [4.69, 9.17) is 5.26 Å². The summed E-state index contributed by atoms with van der Waals surface area (Å²) < 4.78 is 0. The smallest absolute Gasteiger partial charge is 0.0939 e. The second-order valence-electron chi connectivity index (χ2n) is 1.09. The van der Waals surface area contributed by atoms with E-state index in [-0.39, 0.29) is 0 Å². The first-order valence-corrected chi connectivity index (χ1v) is 3.39. The van der Waals surface area contributed by atoms with Gasteiger partial charge in [0.25, 0.3) is 0 Å². The quantitative estimate of drug-likeness (QED) is 0.562. The van der Waals surface area contributed by atoms with Gasteiger partial charge >= 0.3 is 0 Å². The first-order chi connectivity index (χ1) is 3.85. The Kier molecular flexibility index (Phi) is 4.19. The van der Waals surface area contributed by atoms with Crippen molar-refractivity contribution in [1.29, 1.82) is 5.26 Å². The summed E-state index contributed by atoms with van der Waals surface area (Å²) in [5.74, 6) is 0. The van der Waals surface area contributed by atoms with Crippen LogP contribution in [-0.2, 0) is 0 Å². The van der Waals surface area contributed by atoms with Crippen LogP contribution in [-0.4, -0.2) is 13.3 Å². The van der Waals surface area contributed by atoms with Gasteiger partial charge < -0.3 is 5.32 Å². The third kappa shape index (κ3) is 2.54. The van der Waals surface area contributed by atoms with E-state index in [9.17, 15) is 0 Å². The summed E-state index contributed by atoms with van der Waals surface area (Å²) in [6.45, 7) is 0. The van der Waals surface area contributed by atoms with E-state index in [2.05, 4.69) is 5.32 Å². The molecular weight excluding hydrogens is 120 g/mol. The number of nitrogens with zero attached hydrogens (tertiary/aromatic N) is 1.